The minimum atomic E-state index is -3.02. The normalized spacial score (nSPS) is 30.8. The summed E-state index contributed by atoms with van der Waals surface area (Å²) in [5.74, 6) is -0.503. The predicted molar refractivity (Wildman–Crippen MR) is 35.7 cm³/mol. The average Bonchev–Trinajstić information content (AvgIpc) is 1.98. The Morgan fingerprint density at radius 1 is 1.64 bits per heavy atom. The van der Waals surface area contributed by atoms with Crippen molar-refractivity contribution in [2.75, 3.05) is 0 Å². The highest BCUT2D eigenvalue weighted by molar-refractivity contribution is 7.67. The van der Waals surface area contributed by atoms with Gasteiger partial charge in [0.15, 0.2) is 0 Å². The van der Waals surface area contributed by atoms with Crippen LogP contribution in [-0.2, 0) is 20.1 Å². The lowest BCUT2D eigenvalue weighted by molar-refractivity contribution is -0.189. The summed E-state index contributed by atoms with van der Waals surface area (Å²) in [5, 5.41) is 0.746. The molecule has 0 aromatic carbocycles. The van der Waals surface area contributed by atoms with E-state index in [0.717, 1.165) is 5.06 Å². The number of β-lactam (4-membered cyclic amide) rings is 1. The van der Waals surface area contributed by atoms with Crippen LogP contribution in [0, 0.1) is 0 Å². The molecule has 6 nitrogen and oxygen atoms in total. The van der Waals surface area contributed by atoms with Crippen LogP contribution in [0.3, 0.4) is 0 Å². The van der Waals surface area contributed by atoms with Crippen LogP contribution in [0.1, 0.15) is 6.92 Å². The fraction of sp³-hybridized carbons (Fsp3) is 0.750. The summed E-state index contributed by atoms with van der Waals surface area (Å²) in [6.07, 6.45) is 0. The first-order valence-corrected chi connectivity index (χ1v) is 4.04. The number of hydrogen-bond donors (Lipinski definition) is 2. The first-order valence-electron chi connectivity index (χ1n) is 2.95. The van der Waals surface area contributed by atoms with Crippen molar-refractivity contribution >= 4 is 16.9 Å². The topological polar surface area (TPSA) is 89.7 Å². The van der Waals surface area contributed by atoms with Gasteiger partial charge in [-0.25, -0.2) is 8.42 Å². The van der Waals surface area contributed by atoms with Crippen molar-refractivity contribution in [2.24, 2.45) is 5.73 Å². The summed E-state index contributed by atoms with van der Waals surface area (Å²) in [4.78, 5) is 10.7. The second-order valence-electron chi connectivity index (χ2n) is 2.24. The molecule has 1 heterocycles. The zero-order valence-corrected chi connectivity index (χ0v) is 6.65. The lowest BCUT2D eigenvalue weighted by atomic mass is 10.0. The van der Waals surface area contributed by atoms with E-state index in [-0.39, 0.29) is 6.04 Å². The average molecular weight is 180 g/mol. The minimum absolute atomic E-state index is 0.365. The summed E-state index contributed by atoms with van der Waals surface area (Å²) in [6, 6.07) is -1.000. The van der Waals surface area contributed by atoms with E-state index >= 15 is 0 Å². The van der Waals surface area contributed by atoms with Crippen molar-refractivity contribution in [3.8, 4) is 0 Å². The highest BCUT2D eigenvalue weighted by Crippen LogP contribution is 2.17. The third kappa shape index (κ3) is 1.35. The van der Waals surface area contributed by atoms with Crippen LogP contribution in [0.5, 0.6) is 0 Å². The van der Waals surface area contributed by atoms with Gasteiger partial charge in [-0.2, -0.15) is 5.06 Å². The molecule has 0 bridgehead atoms. The molecule has 0 radical (unpaired) electrons. The molecule has 7 heteroatoms. The molecule has 0 saturated carbocycles. The largest absolute Gasteiger partial charge is 0.318 e. The molecule has 0 aromatic heterocycles. The molecule has 11 heavy (non-hydrogen) atoms. The van der Waals surface area contributed by atoms with Crippen LogP contribution in [0.4, 0.5) is 0 Å². The summed E-state index contributed by atoms with van der Waals surface area (Å²) < 4.78 is 24.1. The zero-order valence-electron chi connectivity index (χ0n) is 5.76. The number of amides is 1. The van der Waals surface area contributed by atoms with Crippen molar-refractivity contribution in [2.45, 2.75) is 19.0 Å². The molecule has 1 saturated heterocycles. The number of rotatable bonds is 2. The summed E-state index contributed by atoms with van der Waals surface area (Å²) in [6.45, 7) is 1.60. The van der Waals surface area contributed by atoms with Gasteiger partial charge in [0, 0.05) is 0 Å². The Labute approximate surface area is 65.0 Å². The van der Waals surface area contributed by atoms with Gasteiger partial charge < -0.3 is 5.73 Å². The molecule has 64 valence electrons. The lowest BCUT2D eigenvalue weighted by Crippen LogP contribution is -2.66. The molecule has 1 aliphatic heterocycles. The molecule has 2 unspecified atom stereocenters. The number of thiol groups is 1. The molecular formula is C4H8N2O4S. The van der Waals surface area contributed by atoms with Gasteiger partial charge in [0.2, 0.25) is 0 Å². The minimum Gasteiger partial charge on any atom is -0.318 e. The number of nitrogens with two attached hydrogens (primary N) is 1. The van der Waals surface area contributed by atoms with Crippen molar-refractivity contribution < 1.29 is 17.5 Å². The molecule has 1 rings (SSSR count). The van der Waals surface area contributed by atoms with Crippen molar-refractivity contribution in [1.29, 1.82) is 0 Å². The fourth-order valence-corrected chi connectivity index (χ4v) is 1.18. The van der Waals surface area contributed by atoms with Gasteiger partial charge in [-0.05, 0) is 6.92 Å². The zero-order chi connectivity index (χ0) is 8.59. The van der Waals surface area contributed by atoms with E-state index in [2.05, 4.69) is 4.28 Å². The predicted octanol–water partition coefficient (Wildman–Crippen LogP) is -2.00. The Bertz CT molecular complexity index is 242. The van der Waals surface area contributed by atoms with Crippen LogP contribution in [0.2, 0.25) is 0 Å². The van der Waals surface area contributed by atoms with Crippen molar-refractivity contribution in [3.05, 3.63) is 0 Å². The molecular weight excluding hydrogens is 172 g/mol. The van der Waals surface area contributed by atoms with Crippen LogP contribution in [0.15, 0.2) is 0 Å². The van der Waals surface area contributed by atoms with E-state index in [9.17, 15) is 13.2 Å². The number of hydroxylamine groups is 2. The summed E-state index contributed by atoms with van der Waals surface area (Å²) in [7, 11) is -3.02. The molecule has 0 aliphatic carbocycles. The Morgan fingerprint density at radius 2 is 2.18 bits per heavy atom. The van der Waals surface area contributed by atoms with Crippen molar-refractivity contribution in [1.82, 2.24) is 5.06 Å². The van der Waals surface area contributed by atoms with Crippen LogP contribution in [0.25, 0.3) is 0 Å². The highest BCUT2D eigenvalue weighted by Gasteiger charge is 2.43. The third-order valence-electron chi connectivity index (χ3n) is 1.55. The van der Waals surface area contributed by atoms with Gasteiger partial charge in [-0.1, -0.05) is 0 Å². The molecule has 1 amide bonds. The lowest BCUT2D eigenvalue weighted by Gasteiger charge is -2.39. The third-order valence-corrected chi connectivity index (χ3v) is 1.86. The quantitative estimate of drug-likeness (QED) is 0.379. The van der Waals surface area contributed by atoms with Gasteiger partial charge >= 0.3 is 0 Å². The van der Waals surface area contributed by atoms with E-state index in [1.165, 1.54) is 0 Å². The van der Waals surface area contributed by atoms with E-state index in [0.29, 0.717) is 0 Å². The Balaban J connectivity index is 2.56. The number of carbonyl (C=O) groups excluding carboxylic acids is 1. The fourth-order valence-electron chi connectivity index (χ4n) is 0.804. The Kier molecular flexibility index (Phi) is 2.12. The van der Waals surface area contributed by atoms with E-state index in [1.54, 1.807) is 6.92 Å². The van der Waals surface area contributed by atoms with Crippen LogP contribution >= 0.6 is 0 Å². The van der Waals surface area contributed by atoms with Gasteiger partial charge in [0.05, 0.1) is 6.04 Å². The number of nitrogens with zero attached hydrogens (tertiary/aromatic N) is 1. The summed E-state index contributed by atoms with van der Waals surface area (Å²) >= 11 is 0. The van der Waals surface area contributed by atoms with E-state index in [4.69, 9.17) is 5.73 Å². The van der Waals surface area contributed by atoms with Gasteiger partial charge in [-0.15, -0.1) is 4.28 Å². The van der Waals surface area contributed by atoms with E-state index < -0.39 is 22.9 Å². The maximum absolute atomic E-state index is 10.7. The van der Waals surface area contributed by atoms with Gasteiger partial charge in [0.25, 0.3) is 16.9 Å². The SMILES string of the molecule is CC1C(N)C(=O)N1O[SH](=O)=O. The molecule has 2 N–H and O–H groups in total. The smallest absolute Gasteiger partial charge is 0.278 e. The second-order valence-corrected chi connectivity index (χ2v) is 2.85. The monoisotopic (exact) mass is 180 g/mol. The summed E-state index contributed by atoms with van der Waals surface area (Å²) in [5.41, 5.74) is 5.26. The Hall–Kier alpha value is -0.660. The maximum atomic E-state index is 10.7. The number of carbonyl (C=O) groups is 1. The first kappa shape index (κ1) is 8.44. The van der Waals surface area contributed by atoms with Crippen molar-refractivity contribution in [3.63, 3.8) is 0 Å². The molecule has 1 aliphatic rings. The van der Waals surface area contributed by atoms with Gasteiger partial charge in [-0.3, -0.25) is 4.79 Å². The molecule has 0 spiro atoms. The van der Waals surface area contributed by atoms with Crippen LogP contribution in [-0.4, -0.2) is 31.5 Å². The van der Waals surface area contributed by atoms with E-state index in [1.807, 2.05) is 0 Å². The molecule has 1 fully saturated rings. The first-order chi connectivity index (χ1) is 5.04. The number of hydrogen-bond acceptors (Lipinski definition) is 5. The Morgan fingerprint density at radius 3 is 2.55 bits per heavy atom. The maximum Gasteiger partial charge on any atom is 0.278 e. The van der Waals surface area contributed by atoms with Gasteiger partial charge in [0.1, 0.15) is 6.04 Å². The standard InChI is InChI=1S/C4H8N2O4S/c1-2-3(5)4(7)6(2)10-11(8)9/h2-3,11H,5H2,1H3. The molecule has 0 aromatic rings. The second kappa shape index (κ2) is 2.76. The molecule has 2 atom stereocenters. The van der Waals surface area contributed by atoms with Crippen LogP contribution < -0.4 is 5.73 Å². The highest BCUT2D eigenvalue weighted by atomic mass is 32.2.